The van der Waals surface area contributed by atoms with Gasteiger partial charge in [-0.1, -0.05) is 26.5 Å². The Balaban J connectivity index is 5.51. The molecule has 6 heteroatoms. The average molecular weight is 464 g/mol. The van der Waals surface area contributed by atoms with Crippen LogP contribution in [0, 0.1) is 5.92 Å². The van der Waals surface area contributed by atoms with Crippen molar-refractivity contribution in [3.63, 3.8) is 0 Å². The smallest absolute Gasteiger partial charge is 0.410 e. The first-order valence-electron chi connectivity index (χ1n) is 9.81. The summed E-state index contributed by atoms with van der Waals surface area (Å²) in [7, 11) is 3.65. The number of halogens is 1. The predicted octanol–water partition coefficient (Wildman–Crippen LogP) is 6.48. The normalized spacial score (nSPS) is 14.8. The third-order valence-electron chi connectivity index (χ3n) is 4.68. The lowest BCUT2D eigenvalue weighted by Gasteiger charge is -2.37. The van der Waals surface area contributed by atoms with Gasteiger partial charge in [-0.05, 0) is 104 Å². The molecule has 2 unspecified atom stereocenters. The number of amides is 1. The second kappa shape index (κ2) is 12.9. The topological polar surface area (TPSA) is 32.8 Å². The van der Waals surface area contributed by atoms with Crippen LogP contribution in [0.4, 0.5) is 4.79 Å². The molecule has 0 spiro atoms. The maximum absolute atomic E-state index is 12.9. The number of hydrogen-bond acceptors (Lipinski definition) is 4. The van der Waals surface area contributed by atoms with Crippen molar-refractivity contribution in [3.05, 3.63) is 23.1 Å². The fraction of sp³-hybridized carbons (Fsp3) is 0.762. The molecule has 0 aliphatic rings. The van der Waals surface area contributed by atoms with Gasteiger partial charge in [-0.15, -0.1) is 0 Å². The van der Waals surface area contributed by atoms with Gasteiger partial charge in [-0.25, -0.2) is 4.79 Å². The van der Waals surface area contributed by atoms with Crippen LogP contribution in [0.3, 0.4) is 0 Å². The summed E-state index contributed by atoms with van der Waals surface area (Å²) in [5.74, 6) is 0.335. The second-order valence-electron chi connectivity index (χ2n) is 8.03. The van der Waals surface area contributed by atoms with Crippen LogP contribution >= 0.6 is 25.0 Å². The summed E-state index contributed by atoms with van der Waals surface area (Å²) in [6.45, 7) is 21.1. The van der Waals surface area contributed by atoms with Crippen LogP contribution in [0.15, 0.2) is 23.1 Å². The van der Waals surface area contributed by atoms with E-state index in [4.69, 9.17) is 4.74 Å². The summed E-state index contributed by atoms with van der Waals surface area (Å²) in [5.41, 5.74) is 0.542. The van der Waals surface area contributed by atoms with Gasteiger partial charge in [-0.2, -0.15) is 0 Å². The molecule has 0 aromatic carbocycles. The molecule has 0 aliphatic carbocycles. The highest BCUT2D eigenvalue weighted by Gasteiger charge is 2.31. The number of allylic oxidation sites excluding steroid dienone is 2. The molecule has 158 valence electrons. The van der Waals surface area contributed by atoms with Gasteiger partial charge in [0, 0.05) is 17.5 Å². The van der Waals surface area contributed by atoms with E-state index in [-0.39, 0.29) is 12.1 Å². The first kappa shape index (κ1) is 26.5. The van der Waals surface area contributed by atoms with E-state index in [1.165, 1.54) is 10.2 Å². The molecule has 27 heavy (non-hydrogen) atoms. The molecule has 4 nitrogen and oxygen atoms in total. The fourth-order valence-corrected chi connectivity index (χ4v) is 4.40. The van der Waals surface area contributed by atoms with E-state index in [0.29, 0.717) is 12.5 Å². The van der Waals surface area contributed by atoms with Gasteiger partial charge in [-0.3, -0.25) is 0 Å². The average Bonchev–Trinajstić information content (AvgIpc) is 2.58. The Kier molecular flexibility index (Phi) is 12.7. The molecular weight excluding hydrogens is 424 g/mol. The SMILES string of the molecule is C=C(CC(C(C)CCN(C)CC)N(CC)C(=O)OC(C)(C)C)/C(=C\C)SBr. The molecule has 1 amide bonds. The highest BCUT2D eigenvalue weighted by Crippen LogP contribution is 2.33. The van der Waals surface area contributed by atoms with Crippen molar-refractivity contribution in [2.75, 3.05) is 26.7 Å². The molecule has 0 aliphatic heterocycles. The molecule has 0 bridgehead atoms. The summed E-state index contributed by atoms with van der Waals surface area (Å²) in [4.78, 5) is 18.1. The van der Waals surface area contributed by atoms with Crippen LogP contribution in [0.2, 0.25) is 0 Å². The minimum absolute atomic E-state index is 0.0530. The molecule has 0 fully saturated rings. The maximum Gasteiger partial charge on any atom is 0.410 e. The van der Waals surface area contributed by atoms with Gasteiger partial charge in [0.15, 0.2) is 0 Å². The van der Waals surface area contributed by atoms with Crippen LogP contribution in [-0.4, -0.2) is 54.2 Å². The molecule has 0 radical (unpaired) electrons. The third kappa shape index (κ3) is 10.0. The van der Waals surface area contributed by atoms with Crippen LogP contribution in [0.5, 0.6) is 0 Å². The first-order chi connectivity index (χ1) is 12.5. The van der Waals surface area contributed by atoms with Gasteiger partial charge < -0.3 is 14.5 Å². The summed E-state index contributed by atoms with van der Waals surface area (Å²) < 4.78 is 5.68. The van der Waals surface area contributed by atoms with Gasteiger partial charge in [0.05, 0.1) is 0 Å². The van der Waals surface area contributed by atoms with Crippen molar-refractivity contribution < 1.29 is 9.53 Å². The van der Waals surface area contributed by atoms with Gasteiger partial charge in [0.2, 0.25) is 0 Å². The van der Waals surface area contributed by atoms with Crippen molar-refractivity contribution in [3.8, 4) is 0 Å². The van der Waals surface area contributed by atoms with Crippen molar-refractivity contribution >= 4 is 31.1 Å². The lowest BCUT2D eigenvalue weighted by Crippen LogP contribution is -2.47. The van der Waals surface area contributed by atoms with E-state index in [0.717, 1.165) is 36.4 Å². The Morgan fingerprint density at radius 3 is 2.30 bits per heavy atom. The lowest BCUT2D eigenvalue weighted by molar-refractivity contribution is 0.0108. The molecule has 0 saturated heterocycles. The van der Waals surface area contributed by atoms with Crippen molar-refractivity contribution in [2.45, 2.75) is 73.0 Å². The largest absolute Gasteiger partial charge is 0.444 e. The van der Waals surface area contributed by atoms with Crippen LogP contribution in [0.25, 0.3) is 0 Å². The molecular formula is C21H39BrN2O2S. The first-order valence-corrected chi connectivity index (χ1v) is 12.5. The minimum atomic E-state index is -0.502. The molecule has 0 N–H and O–H groups in total. The quantitative estimate of drug-likeness (QED) is 0.328. The Morgan fingerprint density at radius 1 is 1.30 bits per heavy atom. The number of carbonyl (C=O) groups is 1. The third-order valence-corrected chi connectivity index (χ3v) is 6.42. The Morgan fingerprint density at radius 2 is 1.89 bits per heavy atom. The maximum atomic E-state index is 12.9. The zero-order valence-corrected chi connectivity index (χ0v) is 20.9. The molecule has 0 heterocycles. The molecule has 0 aromatic heterocycles. The summed E-state index contributed by atoms with van der Waals surface area (Å²) >= 11 is 3.46. The Hall–Kier alpha value is -0.460. The molecule has 0 aromatic rings. The number of ether oxygens (including phenoxy) is 1. The van der Waals surface area contributed by atoms with Gasteiger partial charge in [0.25, 0.3) is 0 Å². The second-order valence-corrected chi connectivity index (χ2v) is 9.60. The van der Waals surface area contributed by atoms with Crippen LogP contribution in [0.1, 0.15) is 61.3 Å². The van der Waals surface area contributed by atoms with Crippen molar-refractivity contribution in [2.24, 2.45) is 5.92 Å². The van der Waals surface area contributed by atoms with E-state index in [9.17, 15) is 4.79 Å². The number of nitrogens with zero attached hydrogens (tertiary/aromatic N) is 2. The Bertz CT molecular complexity index is 503. The molecule has 2 atom stereocenters. The predicted molar refractivity (Wildman–Crippen MR) is 123 cm³/mol. The van der Waals surface area contributed by atoms with Gasteiger partial charge in [0.1, 0.15) is 5.60 Å². The monoisotopic (exact) mass is 462 g/mol. The van der Waals surface area contributed by atoms with E-state index >= 15 is 0 Å². The van der Waals surface area contributed by atoms with Crippen LogP contribution < -0.4 is 0 Å². The lowest BCUT2D eigenvalue weighted by atomic mass is 9.91. The van der Waals surface area contributed by atoms with E-state index in [1.807, 2.05) is 39.5 Å². The summed E-state index contributed by atoms with van der Waals surface area (Å²) in [5, 5.41) is 0. The van der Waals surface area contributed by atoms with E-state index in [2.05, 4.69) is 53.3 Å². The summed E-state index contributed by atoms with van der Waals surface area (Å²) in [6, 6.07) is 0.0530. The summed E-state index contributed by atoms with van der Waals surface area (Å²) in [6.07, 6.45) is 3.57. The fourth-order valence-electron chi connectivity index (χ4n) is 2.87. The van der Waals surface area contributed by atoms with Crippen molar-refractivity contribution in [1.29, 1.82) is 0 Å². The molecule has 0 rings (SSSR count). The van der Waals surface area contributed by atoms with Crippen molar-refractivity contribution in [1.82, 2.24) is 9.80 Å². The Labute approximate surface area is 179 Å². The number of rotatable bonds is 11. The van der Waals surface area contributed by atoms with E-state index < -0.39 is 5.60 Å². The zero-order valence-electron chi connectivity index (χ0n) is 18.5. The minimum Gasteiger partial charge on any atom is -0.444 e. The zero-order chi connectivity index (χ0) is 21.2. The highest BCUT2D eigenvalue weighted by molar-refractivity contribution is 9.50. The molecule has 0 saturated carbocycles. The number of carbonyl (C=O) groups excluding carboxylic acids is 1. The van der Waals surface area contributed by atoms with Gasteiger partial charge >= 0.3 is 6.09 Å². The van der Waals surface area contributed by atoms with Crippen LogP contribution in [-0.2, 0) is 4.74 Å². The number of hydrogen-bond donors (Lipinski definition) is 0. The van der Waals surface area contributed by atoms with E-state index in [1.54, 1.807) is 0 Å². The standard InChI is InChI=1S/C21H39BrN2O2S/c1-10-19(27-22)17(5)15-18(16(4)13-14-23(9)11-2)24(12-3)20(25)26-21(6,7)8/h10,16,18H,5,11-15H2,1-4,6-9H3/b19-10+. The highest BCUT2D eigenvalue weighted by atomic mass is 79.9.